The van der Waals surface area contributed by atoms with E-state index in [0.717, 1.165) is 36.5 Å². The van der Waals surface area contributed by atoms with Crippen molar-refractivity contribution in [3.05, 3.63) is 27.9 Å². The standard InChI is InChI=1S/C14H16N2O2S2/c17-7-10-1-4-16(5-2-10)14(18)12-9-20-13(15-12)11-3-6-19-8-11/h3,6,8-10,17H,1-2,4-5,7H2. The van der Waals surface area contributed by atoms with E-state index in [-0.39, 0.29) is 12.5 Å². The molecule has 0 saturated carbocycles. The van der Waals surface area contributed by atoms with Crippen LogP contribution in [0.5, 0.6) is 0 Å². The van der Waals surface area contributed by atoms with E-state index >= 15 is 0 Å². The van der Waals surface area contributed by atoms with Gasteiger partial charge in [0.15, 0.2) is 0 Å². The fourth-order valence-electron chi connectivity index (χ4n) is 2.37. The van der Waals surface area contributed by atoms with Crippen molar-refractivity contribution in [1.29, 1.82) is 0 Å². The number of thiophene rings is 1. The van der Waals surface area contributed by atoms with Gasteiger partial charge >= 0.3 is 0 Å². The summed E-state index contributed by atoms with van der Waals surface area (Å²) in [6.45, 7) is 1.66. The first-order valence-corrected chi connectivity index (χ1v) is 8.48. The first-order chi connectivity index (χ1) is 9.78. The number of carbonyl (C=O) groups is 1. The maximum atomic E-state index is 12.4. The van der Waals surface area contributed by atoms with Crippen molar-refractivity contribution in [2.75, 3.05) is 19.7 Å². The Morgan fingerprint density at radius 2 is 2.20 bits per heavy atom. The molecule has 4 nitrogen and oxygen atoms in total. The molecule has 0 spiro atoms. The van der Waals surface area contributed by atoms with Crippen LogP contribution in [-0.4, -0.2) is 40.6 Å². The van der Waals surface area contributed by atoms with Crippen LogP contribution in [0.4, 0.5) is 0 Å². The highest BCUT2D eigenvalue weighted by atomic mass is 32.1. The second-order valence-corrected chi connectivity index (χ2v) is 6.61. The maximum Gasteiger partial charge on any atom is 0.273 e. The van der Waals surface area contributed by atoms with E-state index in [9.17, 15) is 4.79 Å². The van der Waals surface area contributed by atoms with Crippen molar-refractivity contribution in [2.45, 2.75) is 12.8 Å². The SMILES string of the molecule is O=C(c1csc(-c2ccsc2)n1)N1CCC(CO)CC1. The zero-order valence-corrected chi connectivity index (χ0v) is 12.6. The third kappa shape index (κ3) is 2.77. The summed E-state index contributed by atoms with van der Waals surface area (Å²) in [4.78, 5) is 18.7. The molecule has 1 amide bonds. The number of likely N-dealkylation sites (tertiary alicyclic amines) is 1. The molecule has 20 heavy (non-hydrogen) atoms. The normalized spacial score (nSPS) is 16.6. The van der Waals surface area contributed by atoms with Gasteiger partial charge in [-0.3, -0.25) is 4.79 Å². The van der Waals surface area contributed by atoms with Gasteiger partial charge in [-0.25, -0.2) is 4.98 Å². The van der Waals surface area contributed by atoms with Gasteiger partial charge in [0.25, 0.3) is 5.91 Å². The Labute approximate surface area is 125 Å². The number of rotatable bonds is 3. The van der Waals surface area contributed by atoms with E-state index in [0.29, 0.717) is 11.6 Å². The maximum absolute atomic E-state index is 12.4. The fourth-order valence-corrected chi connectivity index (χ4v) is 3.88. The number of hydrogen-bond donors (Lipinski definition) is 1. The Morgan fingerprint density at radius 3 is 2.85 bits per heavy atom. The number of piperidine rings is 1. The summed E-state index contributed by atoms with van der Waals surface area (Å²) < 4.78 is 0. The number of aliphatic hydroxyl groups excluding tert-OH is 1. The van der Waals surface area contributed by atoms with Gasteiger partial charge in [-0.05, 0) is 30.2 Å². The number of thiazole rings is 1. The highest BCUT2D eigenvalue weighted by molar-refractivity contribution is 7.14. The molecule has 0 aliphatic carbocycles. The first kappa shape index (κ1) is 13.7. The van der Waals surface area contributed by atoms with E-state index in [1.807, 2.05) is 27.1 Å². The number of nitrogens with zero attached hydrogens (tertiary/aromatic N) is 2. The van der Waals surface area contributed by atoms with E-state index in [1.165, 1.54) is 11.3 Å². The lowest BCUT2D eigenvalue weighted by atomic mass is 9.98. The summed E-state index contributed by atoms with van der Waals surface area (Å²) in [5, 5.41) is 15.9. The van der Waals surface area contributed by atoms with Crippen molar-refractivity contribution >= 4 is 28.6 Å². The molecule has 1 N–H and O–H groups in total. The Balaban J connectivity index is 1.69. The van der Waals surface area contributed by atoms with Gasteiger partial charge in [-0.1, -0.05) is 0 Å². The van der Waals surface area contributed by atoms with E-state index in [1.54, 1.807) is 11.3 Å². The molecule has 1 fully saturated rings. The third-order valence-electron chi connectivity index (χ3n) is 3.65. The van der Waals surface area contributed by atoms with Crippen LogP contribution < -0.4 is 0 Å². The summed E-state index contributed by atoms with van der Waals surface area (Å²) in [6.07, 6.45) is 1.76. The number of amides is 1. The Morgan fingerprint density at radius 1 is 1.40 bits per heavy atom. The van der Waals surface area contributed by atoms with Gasteiger partial charge in [0, 0.05) is 36.0 Å². The molecular formula is C14H16N2O2S2. The largest absolute Gasteiger partial charge is 0.396 e. The number of aromatic nitrogens is 1. The van der Waals surface area contributed by atoms with Gasteiger partial charge in [-0.15, -0.1) is 11.3 Å². The molecule has 3 rings (SSSR count). The quantitative estimate of drug-likeness (QED) is 0.948. The molecule has 1 aliphatic heterocycles. The molecule has 0 radical (unpaired) electrons. The molecule has 1 aliphatic rings. The monoisotopic (exact) mass is 308 g/mol. The minimum atomic E-state index is 0.0131. The first-order valence-electron chi connectivity index (χ1n) is 6.66. The van der Waals surface area contributed by atoms with Crippen LogP contribution in [0, 0.1) is 5.92 Å². The number of hydrogen-bond acceptors (Lipinski definition) is 5. The highest BCUT2D eigenvalue weighted by Crippen LogP contribution is 2.27. The van der Waals surface area contributed by atoms with Crippen LogP contribution in [-0.2, 0) is 0 Å². The molecule has 1 saturated heterocycles. The topological polar surface area (TPSA) is 53.4 Å². The Hall–Kier alpha value is -1.24. The molecule has 0 atom stereocenters. The van der Waals surface area contributed by atoms with Crippen LogP contribution in [0.1, 0.15) is 23.3 Å². The molecule has 2 aromatic heterocycles. The van der Waals surface area contributed by atoms with Crippen molar-refractivity contribution in [2.24, 2.45) is 5.92 Å². The zero-order chi connectivity index (χ0) is 13.9. The van der Waals surface area contributed by atoms with Crippen molar-refractivity contribution in [3.63, 3.8) is 0 Å². The molecule has 6 heteroatoms. The van der Waals surface area contributed by atoms with Gasteiger partial charge in [0.2, 0.25) is 0 Å². The molecule has 3 heterocycles. The van der Waals surface area contributed by atoms with Crippen LogP contribution in [0.3, 0.4) is 0 Å². The van der Waals surface area contributed by atoms with Crippen LogP contribution in [0.2, 0.25) is 0 Å². The molecule has 0 aromatic carbocycles. The number of carbonyl (C=O) groups excluding carboxylic acids is 1. The fraction of sp³-hybridized carbons (Fsp3) is 0.429. The Kier molecular flexibility index (Phi) is 4.14. The lowest BCUT2D eigenvalue weighted by molar-refractivity contribution is 0.0646. The molecule has 0 unspecified atom stereocenters. The summed E-state index contributed by atoms with van der Waals surface area (Å²) in [6, 6.07) is 2.02. The predicted octanol–water partition coefficient (Wildman–Crippen LogP) is 2.72. The third-order valence-corrected chi connectivity index (χ3v) is 5.23. The Bertz CT molecular complexity index is 572. The lowest BCUT2D eigenvalue weighted by Gasteiger charge is -2.30. The second kappa shape index (κ2) is 6.03. The highest BCUT2D eigenvalue weighted by Gasteiger charge is 2.24. The van der Waals surface area contributed by atoms with Gasteiger partial charge in [-0.2, -0.15) is 11.3 Å². The van der Waals surface area contributed by atoms with E-state index in [2.05, 4.69) is 4.98 Å². The van der Waals surface area contributed by atoms with E-state index < -0.39 is 0 Å². The van der Waals surface area contributed by atoms with Crippen LogP contribution in [0.15, 0.2) is 22.2 Å². The minimum Gasteiger partial charge on any atom is -0.396 e. The summed E-state index contributed by atoms with van der Waals surface area (Å²) >= 11 is 3.14. The van der Waals surface area contributed by atoms with Crippen molar-refractivity contribution < 1.29 is 9.90 Å². The smallest absolute Gasteiger partial charge is 0.273 e. The molecular weight excluding hydrogens is 292 g/mol. The summed E-state index contributed by atoms with van der Waals surface area (Å²) in [5.41, 5.74) is 1.62. The van der Waals surface area contributed by atoms with Gasteiger partial charge in [0.1, 0.15) is 10.7 Å². The van der Waals surface area contributed by atoms with Gasteiger partial charge < -0.3 is 10.0 Å². The summed E-state index contributed by atoms with van der Waals surface area (Å²) in [5.74, 6) is 0.356. The molecule has 106 valence electrons. The lowest BCUT2D eigenvalue weighted by Crippen LogP contribution is -2.39. The zero-order valence-electron chi connectivity index (χ0n) is 11.0. The predicted molar refractivity (Wildman–Crippen MR) is 81.1 cm³/mol. The minimum absolute atomic E-state index is 0.0131. The summed E-state index contributed by atoms with van der Waals surface area (Å²) in [7, 11) is 0. The number of aliphatic hydroxyl groups is 1. The molecule has 0 bridgehead atoms. The van der Waals surface area contributed by atoms with E-state index in [4.69, 9.17) is 5.11 Å². The van der Waals surface area contributed by atoms with Crippen molar-refractivity contribution in [3.8, 4) is 10.6 Å². The van der Waals surface area contributed by atoms with Gasteiger partial charge in [0.05, 0.1) is 0 Å². The van der Waals surface area contributed by atoms with Crippen LogP contribution >= 0.6 is 22.7 Å². The average molecular weight is 308 g/mol. The van der Waals surface area contributed by atoms with Crippen molar-refractivity contribution in [1.82, 2.24) is 9.88 Å². The second-order valence-electron chi connectivity index (χ2n) is 4.97. The van der Waals surface area contributed by atoms with Crippen LogP contribution in [0.25, 0.3) is 10.6 Å². The molecule has 2 aromatic rings. The average Bonchev–Trinajstić information content (AvgIpc) is 3.17.